The van der Waals surface area contributed by atoms with Gasteiger partial charge in [-0.1, -0.05) is 6.07 Å². The topological polar surface area (TPSA) is 35.6 Å². The van der Waals surface area contributed by atoms with Crippen LogP contribution in [0.15, 0.2) is 18.2 Å². The van der Waals surface area contributed by atoms with Crippen LogP contribution in [0.25, 0.3) is 0 Å². The fourth-order valence-electron chi connectivity index (χ4n) is 2.14. The Labute approximate surface area is 109 Å². The highest BCUT2D eigenvalue weighted by Crippen LogP contribution is 2.26. The Bertz CT molecular complexity index is 437. The molecule has 1 aromatic carbocycles. The Hall–Kier alpha value is -1.71. The lowest BCUT2D eigenvalue weighted by Crippen LogP contribution is -2.27. The van der Waals surface area contributed by atoms with Crippen molar-refractivity contribution in [3.05, 3.63) is 23.8 Å². The van der Waals surface area contributed by atoms with Crippen molar-refractivity contribution in [2.45, 2.75) is 19.8 Å². The Morgan fingerprint density at radius 1 is 1.28 bits per heavy atom. The fourth-order valence-corrected chi connectivity index (χ4v) is 2.14. The van der Waals surface area contributed by atoms with Crippen molar-refractivity contribution in [3.8, 4) is 0 Å². The van der Waals surface area contributed by atoms with Crippen LogP contribution in [0.5, 0.6) is 0 Å². The number of carbonyl (C=O) groups is 1. The zero-order valence-corrected chi connectivity index (χ0v) is 11.4. The van der Waals surface area contributed by atoms with Crippen LogP contribution in [-0.2, 0) is 0 Å². The van der Waals surface area contributed by atoms with E-state index < -0.39 is 0 Å². The van der Waals surface area contributed by atoms with Gasteiger partial charge in [-0.15, -0.1) is 0 Å². The van der Waals surface area contributed by atoms with Gasteiger partial charge in [-0.2, -0.15) is 0 Å². The van der Waals surface area contributed by atoms with Crippen molar-refractivity contribution in [1.82, 2.24) is 4.90 Å². The van der Waals surface area contributed by atoms with Crippen LogP contribution in [0.2, 0.25) is 0 Å². The van der Waals surface area contributed by atoms with Crippen molar-refractivity contribution in [3.63, 3.8) is 0 Å². The van der Waals surface area contributed by atoms with Gasteiger partial charge in [0.2, 0.25) is 0 Å². The second-order valence-electron chi connectivity index (χ2n) is 5.02. The largest absolute Gasteiger partial charge is 0.371 e. The summed E-state index contributed by atoms with van der Waals surface area (Å²) in [6.45, 7) is 4.24. The van der Waals surface area contributed by atoms with Gasteiger partial charge in [-0.3, -0.25) is 0 Å². The predicted octanol–water partition coefficient (Wildman–Crippen LogP) is 2.69. The van der Waals surface area contributed by atoms with Crippen LogP contribution in [0.1, 0.15) is 18.4 Å². The second kappa shape index (κ2) is 5.29. The van der Waals surface area contributed by atoms with Crippen molar-refractivity contribution in [1.29, 1.82) is 0 Å². The maximum atomic E-state index is 11.7. The fraction of sp³-hybridized carbons (Fsp3) is 0.500. The maximum absolute atomic E-state index is 11.7. The predicted molar refractivity (Wildman–Crippen MR) is 75.3 cm³/mol. The van der Waals surface area contributed by atoms with E-state index in [1.807, 2.05) is 6.92 Å². The number of hydrogen-bond acceptors (Lipinski definition) is 2. The molecule has 1 heterocycles. The first-order chi connectivity index (χ1) is 8.58. The molecule has 0 spiro atoms. The van der Waals surface area contributed by atoms with E-state index in [4.69, 9.17) is 0 Å². The van der Waals surface area contributed by atoms with Crippen LogP contribution in [0.3, 0.4) is 0 Å². The van der Waals surface area contributed by atoms with Crippen LogP contribution < -0.4 is 10.2 Å². The summed E-state index contributed by atoms with van der Waals surface area (Å²) in [5.74, 6) is 0. The molecule has 0 saturated carbocycles. The number of aryl methyl sites for hydroxylation is 1. The SMILES string of the molecule is Cc1ccc(N2CCCC2)cc1NC(=O)N(C)C. The molecule has 4 nitrogen and oxygen atoms in total. The molecule has 1 saturated heterocycles. The first-order valence-corrected chi connectivity index (χ1v) is 6.42. The Balaban J connectivity index is 2.18. The monoisotopic (exact) mass is 247 g/mol. The van der Waals surface area contributed by atoms with Gasteiger partial charge < -0.3 is 15.1 Å². The first kappa shape index (κ1) is 12.7. The van der Waals surface area contributed by atoms with Crippen LogP contribution in [0, 0.1) is 6.92 Å². The summed E-state index contributed by atoms with van der Waals surface area (Å²) < 4.78 is 0. The summed E-state index contributed by atoms with van der Waals surface area (Å²) in [5, 5.41) is 2.93. The summed E-state index contributed by atoms with van der Waals surface area (Å²) in [6.07, 6.45) is 2.51. The molecule has 1 aliphatic rings. The minimum absolute atomic E-state index is 0.0864. The summed E-state index contributed by atoms with van der Waals surface area (Å²) in [6, 6.07) is 6.18. The molecule has 0 aromatic heterocycles. The molecule has 1 aromatic rings. The van der Waals surface area contributed by atoms with Crippen LogP contribution >= 0.6 is 0 Å². The molecule has 0 unspecified atom stereocenters. The summed E-state index contributed by atoms with van der Waals surface area (Å²) in [5.41, 5.74) is 3.19. The third-order valence-corrected chi connectivity index (χ3v) is 3.34. The van der Waals surface area contributed by atoms with Gasteiger partial charge in [-0.05, 0) is 37.5 Å². The number of hydrogen-bond donors (Lipinski definition) is 1. The van der Waals surface area contributed by atoms with E-state index in [0.29, 0.717) is 0 Å². The molecule has 1 N–H and O–H groups in total. The number of anilines is 2. The van der Waals surface area contributed by atoms with Gasteiger partial charge in [0.1, 0.15) is 0 Å². The lowest BCUT2D eigenvalue weighted by atomic mass is 10.1. The molecule has 1 fully saturated rings. The van der Waals surface area contributed by atoms with Crippen molar-refractivity contribution < 1.29 is 4.79 Å². The van der Waals surface area contributed by atoms with E-state index in [2.05, 4.69) is 28.4 Å². The van der Waals surface area contributed by atoms with Crippen LogP contribution in [0.4, 0.5) is 16.2 Å². The van der Waals surface area contributed by atoms with Crippen molar-refractivity contribution >= 4 is 17.4 Å². The van der Waals surface area contributed by atoms with Gasteiger partial charge in [0, 0.05) is 38.6 Å². The van der Waals surface area contributed by atoms with Gasteiger partial charge in [0.05, 0.1) is 0 Å². The molecule has 0 atom stereocenters. The Morgan fingerprint density at radius 2 is 1.94 bits per heavy atom. The van der Waals surface area contributed by atoms with E-state index in [1.54, 1.807) is 19.0 Å². The van der Waals surface area contributed by atoms with E-state index in [9.17, 15) is 4.79 Å². The number of amides is 2. The zero-order valence-electron chi connectivity index (χ0n) is 11.4. The molecule has 2 amide bonds. The standard InChI is InChI=1S/C14H21N3O/c1-11-6-7-12(17-8-4-5-9-17)10-13(11)15-14(18)16(2)3/h6-7,10H,4-5,8-9H2,1-3H3,(H,15,18). The highest BCUT2D eigenvalue weighted by atomic mass is 16.2. The Kier molecular flexibility index (Phi) is 3.75. The second-order valence-corrected chi connectivity index (χ2v) is 5.02. The van der Waals surface area contributed by atoms with Crippen LogP contribution in [-0.4, -0.2) is 38.1 Å². The number of nitrogens with one attached hydrogen (secondary N) is 1. The average molecular weight is 247 g/mol. The molecule has 2 rings (SSSR count). The summed E-state index contributed by atoms with van der Waals surface area (Å²) >= 11 is 0. The van der Waals surface area contributed by atoms with Gasteiger partial charge in [0.15, 0.2) is 0 Å². The van der Waals surface area contributed by atoms with Gasteiger partial charge >= 0.3 is 6.03 Å². The zero-order chi connectivity index (χ0) is 13.1. The average Bonchev–Trinajstić information content (AvgIpc) is 2.85. The third kappa shape index (κ3) is 2.75. The maximum Gasteiger partial charge on any atom is 0.321 e. The summed E-state index contributed by atoms with van der Waals surface area (Å²) in [4.78, 5) is 15.6. The molecule has 0 bridgehead atoms. The molecular weight excluding hydrogens is 226 g/mol. The number of benzene rings is 1. The molecular formula is C14H21N3O. The summed E-state index contributed by atoms with van der Waals surface area (Å²) in [7, 11) is 3.49. The number of nitrogens with zero attached hydrogens (tertiary/aromatic N) is 2. The Morgan fingerprint density at radius 3 is 2.56 bits per heavy atom. The quantitative estimate of drug-likeness (QED) is 0.872. The van der Waals surface area contributed by atoms with E-state index in [1.165, 1.54) is 18.5 Å². The van der Waals surface area contributed by atoms with E-state index in [0.717, 1.165) is 24.3 Å². The van der Waals surface area contributed by atoms with Gasteiger partial charge in [-0.25, -0.2) is 4.79 Å². The van der Waals surface area contributed by atoms with E-state index >= 15 is 0 Å². The molecule has 0 radical (unpaired) electrons. The van der Waals surface area contributed by atoms with Gasteiger partial charge in [0.25, 0.3) is 0 Å². The number of carbonyl (C=O) groups excluding carboxylic acids is 1. The minimum Gasteiger partial charge on any atom is -0.371 e. The molecule has 18 heavy (non-hydrogen) atoms. The third-order valence-electron chi connectivity index (χ3n) is 3.34. The molecule has 4 heteroatoms. The first-order valence-electron chi connectivity index (χ1n) is 6.42. The smallest absolute Gasteiger partial charge is 0.321 e. The highest BCUT2D eigenvalue weighted by Gasteiger charge is 2.14. The molecule has 1 aliphatic heterocycles. The molecule has 0 aliphatic carbocycles. The lowest BCUT2D eigenvalue weighted by molar-refractivity contribution is 0.230. The lowest BCUT2D eigenvalue weighted by Gasteiger charge is -2.20. The molecule has 98 valence electrons. The van der Waals surface area contributed by atoms with E-state index in [-0.39, 0.29) is 6.03 Å². The van der Waals surface area contributed by atoms with Crippen molar-refractivity contribution in [2.75, 3.05) is 37.4 Å². The highest BCUT2D eigenvalue weighted by molar-refractivity contribution is 5.90. The number of rotatable bonds is 2. The minimum atomic E-state index is -0.0864. The normalized spacial score (nSPS) is 14.7. The number of urea groups is 1. The van der Waals surface area contributed by atoms with Crippen molar-refractivity contribution in [2.24, 2.45) is 0 Å².